The van der Waals surface area contributed by atoms with E-state index >= 15 is 0 Å². The van der Waals surface area contributed by atoms with E-state index in [0.717, 1.165) is 24.2 Å². The molecule has 0 aliphatic carbocycles. The van der Waals surface area contributed by atoms with Gasteiger partial charge in [-0.2, -0.15) is 0 Å². The lowest BCUT2D eigenvalue weighted by Gasteiger charge is -2.27. The van der Waals surface area contributed by atoms with E-state index in [0.29, 0.717) is 18.9 Å². The number of rotatable bonds is 8. The van der Waals surface area contributed by atoms with Crippen molar-refractivity contribution >= 4 is 29.7 Å². The van der Waals surface area contributed by atoms with Gasteiger partial charge >= 0.3 is 6.09 Å². The van der Waals surface area contributed by atoms with E-state index in [1.54, 1.807) is 26.8 Å². The highest BCUT2D eigenvalue weighted by Gasteiger charge is 2.44. The standard InChI is InChI=1S/C23H29N3O7/c1-23(2,3)33-22(31)24-11-5-4-6-12-32-14-7-8-15-16(13-14)21(30)26(20(15)29)17-9-10-18(27)25-19(17)28/h7-8,13,17H,4-6,9-12H2,1-3H3,(H,24,31)(H,25,27,28). The van der Waals surface area contributed by atoms with Crippen molar-refractivity contribution in [3.05, 3.63) is 29.3 Å². The minimum absolute atomic E-state index is 0.0749. The molecule has 33 heavy (non-hydrogen) atoms. The molecule has 2 N–H and O–H groups in total. The summed E-state index contributed by atoms with van der Waals surface area (Å²) >= 11 is 0. The zero-order chi connectivity index (χ0) is 24.2. The van der Waals surface area contributed by atoms with E-state index in [4.69, 9.17) is 9.47 Å². The molecule has 2 aliphatic rings. The molecule has 1 atom stereocenters. The number of nitrogens with zero attached hydrogens (tertiary/aromatic N) is 1. The summed E-state index contributed by atoms with van der Waals surface area (Å²) in [6.07, 6.45) is 2.07. The smallest absolute Gasteiger partial charge is 0.407 e. The number of piperidine rings is 1. The predicted molar refractivity (Wildman–Crippen MR) is 117 cm³/mol. The highest BCUT2D eigenvalue weighted by atomic mass is 16.6. The molecule has 5 amide bonds. The maximum atomic E-state index is 12.8. The van der Waals surface area contributed by atoms with Crippen LogP contribution in [0.5, 0.6) is 5.75 Å². The summed E-state index contributed by atoms with van der Waals surface area (Å²) in [7, 11) is 0. The van der Waals surface area contributed by atoms with Gasteiger partial charge in [0.2, 0.25) is 11.8 Å². The first-order valence-corrected chi connectivity index (χ1v) is 11.0. The van der Waals surface area contributed by atoms with Crippen molar-refractivity contribution in [2.75, 3.05) is 13.2 Å². The zero-order valence-corrected chi connectivity index (χ0v) is 19.1. The topological polar surface area (TPSA) is 131 Å². The fourth-order valence-corrected chi connectivity index (χ4v) is 3.64. The number of carbonyl (C=O) groups excluding carboxylic acids is 5. The number of unbranched alkanes of at least 4 members (excludes halogenated alkanes) is 2. The fraction of sp³-hybridized carbons (Fsp3) is 0.522. The van der Waals surface area contributed by atoms with Crippen molar-refractivity contribution in [3.63, 3.8) is 0 Å². The number of hydrogen-bond acceptors (Lipinski definition) is 7. The molecule has 0 spiro atoms. The van der Waals surface area contributed by atoms with Gasteiger partial charge in [-0.1, -0.05) is 0 Å². The molecular weight excluding hydrogens is 430 g/mol. The van der Waals surface area contributed by atoms with E-state index in [2.05, 4.69) is 10.6 Å². The van der Waals surface area contributed by atoms with Crippen LogP contribution in [0.25, 0.3) is 0 Å². The van der Waals surface area contributed by atoms with Crippen LogP contribution >= 0.6 is 0 Å². The Hall–Kier alpha value is -3.43. The van der Waals surface area contributed by atoms with Crippen LogP contribution in [0, 0.1) is 0 Å². The molecule has 3 rings (SSSR count). The molecule has 2 heterocycles. The summed E-state index contributed by atoms with van der Waals surface area (Å²) < 4.78 is 10.9. The molecule has 0 aromatic heterocycles. The average Bonchev–Trinajstić information content (AvgIpc) is 2.96. The number of carbonyl (C=O) groups is 5. The van der Waals surface area contributed by atoms with Crippen molar-refractivity contribution < 1.29 is 33.4 Å². The summed E-state index contributed by atoms with van der Waals surface area (Å²) in [6, 6.07) is 3.64. The molecule has 0 saturated carbocycles. The first-order chi connectivity index (χ1) is 15.6. The molecule has 1 aromatic rings. The summed E-state index contributed by atoms with van der Waals surface area (Å²) in [5.74, 6) is -1.72. The maximum Gasteiger partial charge on any atom is 0.407 e. The van der Waals surface area contributed by atoms with Crippen LogP contribution in [0.2, 0.25) is 0 Å². The second-order valence-electron chi connectivity index (χ2n) is 8.99. The molecule has 10 nitrogen and oxygen atoms in total. The molecule has 2 aliphatic heterocycles. The molecule has 178 valence electrons. The van der Waals surface area contributed by atoms with Gasteiger partial charge in [0.1, 0.15) is 17.4 Å². The van der Waals surface area contributed by atoms with Gasteiger partial charge in [0, 0.05) is 13.0 Å². The lowest BCUT2D eigenvalue weighted by atomic mass is 10.0. The summed E-state index contributed by atoms with van der Waals surface area (Å²) in [4.78, 5) is 61.5. The molecule has 1 unspecified atom stereocenters. The van der Waals surface area contributed by atoms with Crippen molar-refractivity contribution in [2.45, 2.75) is 64.5 Å². The molecule has 10 heteroatoms. The summed E-state index contributed by atoms with van der Waals surface area (Å²) in [5.41, 5.74) is -0.132. The predicted octanol–water partition coefficient (Wildman–Crippen LogP) is 2.16. The lowest BCUT2D eigenvalue weighted by Crippen LogP contribution is -2.54. The number of imide groups is 2. The Kier molecular flexibility index (Phi) is 7.35. The minimum atomic E-state index is -0.992. The van der Waals surface area contributed by atoms with Crippen molar-refractivity contribution in [2.24, 2.45) is 0 Å². The molecule has 1 aromatic carbocycles. The van der Waals surface area contributed by atoms with Crippen molar-refractivity contribution in [1.29, 1.82) is 0 Å². The van der Waals surface area contributed by atoms with Crippen LogP contribution in [0.3, 0.4) is 0 Å². The number of amides is 5. The maximum absolute atomic E-state index is 12.8. The Labute approximate surface area is 192 Å². The Morgan fingerprint density at radius 1 is 1.09 bits per heavy atom. The summed E-state index contributed by atoms with van der Waals surface area (Å²) in [5, 5.41) is 4.87. The quantitative estimate of drug-likeness (QED) is 0.450. The van der Waals surface area contributed by atoms with Gasteiger partial charge in [0.25, 0.3) is 11.8 Å². The van der Waals surface area contributed by atoms with Crippen LogP contribution < -0.4 is 15.4 Å². The Balaban J connectivity index is 1.45. The minimum Gasteiger partial charge on any atom is -0.494 e. The number of ether oxygens (including phenoxy) is 2. The molecule has 1 saturated heterocycles. The highest BCUT2D eigenvalue weighted by molar-refractivity contribution is 6.23. The van der Waals surface area contributed by atoms with Gasteiger partial charge < -0.3 is 14.8 Å². The molecule has 1 fully saturated rings. The normalized spacial score (nSPS) is 18.2. The van der Waals surface area contributed by atoms with Gasteiger partial charge in [-0.05, 0) is 64.7 Å². The van der Waals surface area contributed by atoms with Crippen LogP contribution in [0.15, 0.2) is 18.2 Å². The van der Waals surface area contributed by atoms with Gasteiger partial charge in [0.15, 0.2) is 0 Å². The first-order valence-electron chi connectivity index (χ1n) is 11.0. The molecule has 0 bridgehead atoms. The van der Waals surface area contributed by atoms with Gasteiger partial charge in [-0.3, -0.25) is 29.4 Å². The monoisotopic (exact) mass is 459 g/mol. The van der Waals surface area contributed by atoms with Gasteiger partial charge in [-0.15, -0.1) is 0 Å². The van der Waals surface area contributed by atoms with Crippen molar-refractivity contribution in [3.8, 4) is 5.75 Å². The second kappa shape index (κ2) is 10.0. The second-order valence-corrected chi connectivity index (χ2v) is 8.99. The molecular formula is C23H29N3O7. The van der Waals surface area contributed by atoms with Crippen LogP contribution in [-0.4, -0.2) is 59.4 Å². The van der Waals surface area contributed by atoms with E-state index in [1.807, 2.05) is 0 Å². The highest BCUT2D eigenvalue weighted by Crippen LogP contribution is 2.30. The Morgan fingerprint density at radius 3 is 2.52 bits per heavy atom. The number of nitrogens with one attached hydrogen (secondary N) is 2. The Bertz CT molecular complexity index is 967. The van der Waals surface area contributed by atoms with Gasteiger partial charge in [0.05, 0.1) is 17.7 Å². The van der Waals surface area contributed by atoms with E-state index in [9.17, 15) is 24.0 Å². The third kappa shape index (κ3) is 6.09. The third-order valence-electron chi connectivity index (χ3n) is 5.17. The first kappa shape index (κ1) is 24.2. The fourth-order valence-electron chi connectivity index (χ4n) is 3.64. The van der Waals surface area contributed by atoms with Crippen molar-refractivity contribution in [1.82, 2.24) is 15.5 Å². The van der Waals surface area contributed by atoms with Crippen LogP contribution in [0.4, 0.5) is 4.79 Å². The number of alkyl carbamates (subject to hydrolysis) is 1. The Morgan fingerprint density at radius 2 is 1.82 bits per heavy atom. The summed E-state index contributed by atoms with van der Waals surface area (Å²) in [6.45, 7) is 6.32. The van der Waals surface area contributed by atoms with E-state index in [1.165, 1.54) is 12.1 Å². The lowest BCUT2D eigenvalue weighted by molar-refractivity contribution is -0.136. The number of fused-ring (bicyclic) bond motifs is 1. The average molecular weight is 459 g/mol. The zero-order valence-electron chi connectivity index (χ0n) is 19.1. The number of benzene rings is 1. The van der Waals surface area contributed by atoms with Crippen LogP contribution in [0.1, 0.15) is 73.6 Å². The van der Waals surface area contributed by atoms with E-state index < -0.39 is 41.4 Å². The largest absolute Gasteiger partial charge is 0.494 e. The number of hydrogen-bond donors (Lipinski definition) is 2. The molecule has 0 radical (unpaired) electrons. The van der Waals surface area contributed by atoms with Gasteiger partial charge in [-0.25, -0.2) is 4.79 Å². The SMILES string of the molecule is CC(C)(C)OC(=O)NCCCCCOc1ccc2c(c1)C(=O)N(C1CCC(=O)NC1=O)C2=O. The van der Waals surface area contributed by atoms with Crippen LogP contribution in [-0.2, 0) is 14.3 Å². The van der Waals surface area contributed by atoms with E-state index in [-0.39, 0.29) is 24.0 Å². The third-order valence-corrected chi connectivity index (χ3v) is 5.17.